The van der Waals surface area contributed by atoms with E-state index in [0.29, 0.717) is 6.04 Å². The second kappa shape index (κ2) is 3.87. The molecule has 2 N–H and O–H groups in total. The molecule has 0 aromatic heterocycles. The lowest BCUT2D eigenvalue weighted by molar-refractivity contribution is 0.277. The van der Waals surface area contributed by atoms with E-state index in [-0.39, 0.29) is 0 Å². The number of nitrogens with zero attached hydrogens (tertiary/aromatic N) is 1. The monoisotopic (exact) mass is 116 g/mol. The molecule has 0 aromatic carbocycles. The second-order valence-corrected chi connectivity index (χ2v) is 2.16. The third-order valence-corrected chi connectivity index (χ3v) is 1.59. The van der Waals surface area contributed by atoms with Gasteiger partial charge >= 0.3 is 0 Å². The molecule has 0 amide bonds. The van der Waals surface area contributed by atoms with Gasteiger partial charge in [0.15, 0.2) is 0 Å². The minimum Gasteiger partial charge on any atom is -0.329 e. The molecule has 8 heavy (non-hydrogen) atoms. The first kappa shape index (κ1) is 7.92. The molecule has 0 rings (SSSR count). The van der Waals surface area contributed by atoms with Gasteiger partial charge in [-0.15, -0.1) is 0 Å². The number of likely N-dealkylation sites (N-methyl/N-ethyl adjacent to an activating group) is 1. The van der Waals surface area contributed by atoms with Gasteiger partial charge in [-0.3, -0.25) is 0 Å². The zero-order chi connectivity index (χ0) is 6.57. The number of rotatable bonds is 3. The summed E-state index contributed by atoms with van der Waals surface area (Å²) in [4.78, 5) is 2.22. The van der Waals surface area contributed by atoms with Crippen molar-refractivity contribution in [3.63, 3.8) is 0 Å². The van der Waals surface area contributed by atoms with E-state index in [1.165, 1.54) is 0 Å². The van der Waals surface area contributed by atoms with Gasteiger partial charge in [0.25, 0.3) is 0 Å². The Labute approximate surface area is 51.7 Å². The largest absolute Gasteiger partial charge is 0.329 e. The summed E-state index contributed by atoms with van der Waals surface area (Å²) in [6.45, 7) is 6.10. The summed E-state index contributed by atoms with van der Waals surface area (Å²) in [5.74, 6) is 0. The van der Waals surface area contributed by atoms with Gasteiger partial charge in [0.2, 0.25) is 0 Å². The SMILES string of the molecule is CCN(C)[C@@H](C)CN. The third kappa shape index (κ3) is 2.28. The maximum Gasteiger partial charge on any atom is 0.0186 e. The Balaban J connectivity index is 3.29. The van der Waals surface area contributed by atoms with Crippen molar-refractivity contribution in [2.24, 2.45) is 5.73 Å². The Morgan fingerprint density at radius 1 is 1.62 bits per heavy atom. The Bertz CT molecular complexity index is 46.5. The molecule has 0 aliphatic rings. The van der Waals surface area contributed by atoms with Crippen molar-refractivity contribution in [2.75, 3.05) is 20.1 Å². The molecule has 0 radical (unpaired) electrons. The van der Waals surface area contributed by atoms with Crippen LogP contribution < -0.4 is 5.73 Å². The van der Waals surface area contributed by atoms with Crippen LogP contribution in [-0.2, 0) is 0 Å². The molecular formula is C6H16N2. The lowest BCUT2D eigenvalue weighted by Crippen LogP contribution is -2.34. The normalized spacial score (nSPS) is 14.6. The van der Waals surface area contributed by atoms with Gasteiger partial charge in [0.05, 0.1) is 0 Å². The quantitative estimate of drug-likeness (QED) is 0.574. The summed E-state index contributed by atoms with van der Waals surface area (Å²) in [7, 11) is 2.08. The molecule has 0 saturated carbocycles. The molecule has 0 aromatic rings. The maximum atomic E-state index is 5.41. The van der Waals surface area contributed by atoms with Crippen molar-refractivity contribution < 1.29 is 0 Å². The van der Waals surface area contributed by atoms with E-state index >= 15 is 0 Å². The summed E-state index contributed by atoms with van der Waals surface area (Å²) in [5.41, 5.74) is 5.41. The molecule has 0 saturated heterocycles. The first-order valence-corrected chi connectivity index (χ1v) is 3.12. The van der Waals surface area contributed by atoms with E-state index < -0.39 is 0 Å². The van der Waals surface area contributed by atoms with Crippen LogP contribution in [0, 0.1) is 0 Å². The van der Waals surface area contributed by atoms with Gasteiger partial charge in [-0.25, -0.2) is 0 Å². The summed E-state index contributed by atoms with van der Waals surface area (Å²) in [6.07, 6.45) is 0. The summed E-state index contributed by atoms with van der Waals surface area (Å²) in [6, 6.07) is 0.528. The molecule has 0 aliphatic carbocycles. The molecule has 1 atom stereocenters. The molecule has 0 spiro atoms. The van der Waals surface area contributed by atoms with Crippen LogP contribution in [0.1, 0.15) is 13.8 Å². The van der Waals surface area contributed by atoms with E-state index in [0.717, 1.165) is 13.1 Å². The summed E-state index contributed by atoms with van der Waals surface area (Å²) >= 11 is 0. The Hall–Kier alpha value is -0.0800. The fourth-order valence-corrected chi connectivity index (χ4v) is 0.492. The lowest BCUT2D eigenvalue weighted by atomic mass is 10.3. The number of hydrogen-bond donors (Lipinski definition) is 1. The zero-order valence-electron chi connectivity index (χ0n) is 6.02. The molecule has 2 heteroatoms. The van der Waals surface area contributed by atoms with Gasteiger partial charge in [-0.1, -0.05) is 6.92 Å². The summed E-state index contributed by atoms with van der Waals surface area (Å²) < 4.78 is 0. The molecule has 0 bridgehead atoms. The van der Waals surface area contributed by atoms with Crippen LogP contribution in [0.4, 0.5) is 0 Å². The smallest absolute Gasteiger partial charge is 0.0186 e. The predicted octanol–water partition coefficient (Wildman–Crippen LogP) is 0.285. The first-order chi connectivity index (χ1) is 3.72. The van der Waals surface area contributed by atoms with E-state index in [1.807, 2.05) is 0 Å². The molecule has 0 unspecified atom stereocenters. The van der Waals surface area contributed by atoms with E-state index in [2.05, 4.69) is 25.8 Å². The van der Waals surface area contributed by atoms with Crippen LogP contribution in [-0.4, -0.2) is 31.1 Å². The lowest BCUT2D eigenvalue weighted by Gasteiger charge is -2.20. The Morgan fingerprint density at radius 3 is 2.25 bits per heavy atom. The molecule has 0 aliphatic heterocycles. The van der Waals surface area contributed by atoms with Crippen LogP contribution in [0.3, 0.4) is 0 Å². The molecule has 0 heterocycles. The topological polar surface area (TPSA) is 29.3 Å². The fourth-order valence-electron chi connectivity index (χ4n) is 0.492. The molecule has 2 nitrogen and oxygen atoms in total. The van der Waals surface area contributed by atoms with Crippen LogP contribution in [0.2, 0.25) is 0 Å². The molecular weight excluding hydrogens is 100 g/mol. The van der Waals surface area contributed by atoms with Crippen LogP contribution in [0.15, 0.2) is 0 Å². The highest BCUT2D eigenvalue weighted by Gasteiger charge is 2.01. The van der Waals surface area contributed by atoms with Crippen molar-refractivity contribution in [1.82, 2.24) is 4.90 Å². The highest BCUT2D eigenvalue weighted by atomic mass is 15.1. The fraction of sp³-hybridized carbons (Fsp3) is 1.00. The van der Waals surface area contributed by atoms with Gasteiger partial charge < -0.3 is 10.6 Å². The average Bonchev–Trinajstić information content (AvgIpc) is 1.84. The predicted molar refractivity (Wildman–Crippen MR) is 36.8 cm³/mol. The highest BCUT2D eigenvalue weighted by molar-refractivity contribution is 4.60. The minimum atomic E-state index is 0.528. The standard InChI is InChI=1S/C6H16N2/c1-4-8(3)6(2)5-7/h6H,4-5,7H2,1-3H3/t6-/m0/s1. The van der Waals surface area contributed by atoms with E-state index in [9.17, 15) is 0 Å². The van der Waals surface area contributed by atoms with Crippen LogP contribution in [0.5, 0.6) is 0 Å². The number of nitrogens with two attached hydrogens (primary N) is 1. The van der Waals surface area contributed by atoms with Gasteiger partial charge in [0.1, 0.15) is 0 Å². The Kier molecular flexibility index (Phi) is 3.83. The van der Waals surface area contributed by atoms with Gasteiger partial charge in [-0.2, -0.15) is 0 Å². The van der Waals surface area contributed by atoms with Gasteiger partial charge in [-0.05, 0) is 20.5 Å². The van der Waals surface area contributed by atoms with E-state index in [1.54, 1.807) is 0 Å². The second-order valence-electron chi connectivity index (χ2n) is 2.16. The summed E-state index contributed by atoms with van der Waals surface area (Å²) in [5, 5.41) is 0. The molecule has 50 valence electrons. The van der Waals surface area contributed by atoms with Crippen molar-refractivity contribution in [3.05, 3.63) is 0 Å². The third-order valence-electron chi connectivity index (χ3n) is 1.59. The van der Waals surface area contributed by atoms with Crippen molar-refractivity contribution >= 4 is 0 Å². The Morgan fingerprint density at radius 2 is 2.12 bits per heavy atom. The maximum absolute atomic E-state index is 5.41. The van der Waals surface area contributed by atoms with Crippen LogP contribution in [0.25, 0.3) is 0 Å². The number of hydrogen-bond acceptors (Lipinski definition) is 2. The highest BCUT2D eigenvalue weighted by Crippen LogP contribution is 1.89. The van der Waals surface area contributed by atoms with Crippen molar-refractivity contribution in [1.29, 1.82) is 0 Å². The van der Waals surface area contributed by atoms with Crippen molar-refractivity contribution in [3.8, 4) is 0 Å². The zero-order valence-corrected chi connectivity index (χ0v) is 6.02. The van der Waals surface area contributed by atoms with E-state index in [4.69, 9.17) is 5.73 Å². The average molecular weight is 116 g/mol. The van der Waals surface area contributed by atoms with Crippen molar-refractivity contribution in [2.45, 2.75) is 19.9 Å². The molecule has 0 fully saturated rings. The first-order valence-electron chi connectivity index (χ1n) is 3.12. The van der Waals surface area contributed by atoms with Gasteiger partial charge in [0, 0.05) is 12.6 Å². The minimum absolute atomic E-state index is 0.528. The van der Waals surface area contributed by atoms with Crippen LogP contribution >= 0.6 is 0 Å².